The molecular weight excluding hydrogens is 330 g/mol. The number of amides is 1. The minimum absolute atomic E-state index is 0.0806. The molecular formula is C18H14F2N2OS. The quantitative estimate of drug-likeness (QED) is 0.753. The van der Waals surface area contributed by atoms with E-state index in [1.165, 1.54) is 16.9 Å². The van der Waals surface area contributed by atoms with Gasteiger partial charge in [0.2, 0.25) is 0 Å². The standard InChI is InChI=1S/C18H14F2N2OS/c1-11-3-2-4-12(5-11)6-16-10-21-18(24-16)22-17(23)13-7-14(19)9-15(20)8-13/h2-5,7-10H,6H2,1H3,(H,21,22,23). The van der Waals surface area contributed by atoms with Gasteiger partial charge in [0, 0.05) is 29.1 Å². The molecule has 2 aromatic carbocycles. The third kappa shape index (κ3) is 4.02. The number of thiazole rings is 1. The zero-order valence-electron chi connectivity index (χ0n) is 12.8. The van der Waals surface area contributed by atoms with Crippen molar-refractivity contribution in [3.05, 3.63) is 81.9 Å². The Labute approximate surface area is 142 Å². The van der Waals surface area contributed by atoms with Gasteiger partial charge >= 0.3 is 0 Å². The number of aromatic nitrogens is 1. The third-order valence-electron chi connectivity index (χ3n) is 3.36. The summed E-state index contributed by atoms with van der Waals surface area (Å²) in [6.07, 6.45) is 2.40. The van der Waals surface area contributed by atoms with Gasteiger partial charge in [0.1, 0.15) is 11.6 Å². The number of halogens is 2. The smallest absolute Gasteiger partial charge is 0.257 e. The topological polar surface area (TPSA) is 42.0 Å². The summed E-state index contributed by atoms with van der Waals surface area (Å²) in [4.78, 5) is 17.2. The van der Waals surface area contributed by atoms with Crippen molar-refractivity contribution in [3.8, 4) is 0 Å². The Bertz CT molecular complexity index is 872. The predicted molar refractivity (Wildman–Crippen MR) is 90.4 cm³/mol. The molecule has 0 radical (unpaired) electrons. The number of hydrogen-bond acceptors (Lipinski definition) is 3. The summed E-state index contributed by atoms with van der Waals surface area (Å²) >= 11 is 1.33. The molecule has 122 valence electrons. The van der Waals surface area contributed by atoms with Crippen LogP contribution in [-0.2, 0) is 6.42 Å². The molecule has 0 atom stereocenters. The highest BCUT2D eigenvalue weighted by Gasteiger charge is 2.12. The van der Waals surface area contributed by atoms with Crippen molar-refractivity contribution >= 4 is 22.4 Å². The fourth-order valence-electron chi connectivity index (χ4n) is 2.32. The Balaban J connectivity index is 1.70. The second-order valence-electron chi connectivity index (χ2n) is 5.41. The van der Waals surface area contributed by atoms with Crippen LogP contribution in [0.5, 0.6) is 0 Å². The fraction of sp³-hybridized carbons (Fsp3) is 0.111. The van der Waals surface area contributed by atoms with Gasteiger partial charge in [-0.3, -0.25) is 10.1 Å². The van der Waals surface area contributed by atoms with Crippen LogP contribution in [0.25, 0.3) is 0 Å². The van der Waals surface area contributed by atoms with Gasteiger partial charge in [0.05, 0.1) is 0 Å². The molecule has 24 heavy (non-hydrogen) atoms. The minimum atomic E-state index is -0.792. The number of nitrogens with one attached hydrogen (secondary N) is 1. The van der Waals surface area contributed by atoms with Gasteiger partial charge in [-0.25, -0.2) is 13.8 Å². The number of rotatable bonds is 4. The van der Waals surface area contributed by atoms with Crippen LogP contribution in [-0.4, -0.2) is 10.9 Å². The maximum atomic E-state index is 13.2. The van der Waals surface area contributed by atoms with E-state index in [2.05, 4.69) is 16.4 Å². The van der Waals surface area contributed by atoms with Crippen LogP contribution < -0.4 is 5.32 Å². The molecule has 0 spiro atoms. The van der Waals surface area contributed by atoms with Gasteiger partial charge in [0.15, 0.2) is 5.13 Å². The molecule has 0 aliphatic heterocycles. The average molecular weight is 344 g/mol. The Kier molecular flexibility index (Phi) is 4.66. The zero-order chi connectivity index (χ0) is 17.1. The molecule has 1 N–H and O–H groups in total. The van der Waals surface area contributed by atoms with Crippen molar-refractivity contribution in [2.24, 2.45) is 0 Å². The van der Waals surface area contributed by atoms with Gasteiger partial charge in [-0.15, -0.1) is 11.3 Å². The first kappa shape index (κ1) is 16.3. The average Bonchev–Trinajstić information content (AvgIpc) is 2.93. The molecule has 0 saturated carbocycles. The van der Waals surface area contributed by atoms with Gasteiger partial charge in [-0.05, 0) is 24.6 Å². The number of anilines is 1. The number of benzene rings is 2. The highest BCUT2D eigenvalue weighted by molar-refractivity contribution is 7.15. The SMILES string of the molecule is Cc1cccc(Cc2cnc(NC(=O)c3cc(F)cc(F)c3)s2)c1. The highest BCUT2D eigenvalue weighted by atomic mass is 32.1. The van der Waals surface area contributed by atoms with E-state index in [0.717, 1.165) is 28.6 Å². The molecule has 0 bridgehead atoms. The Hall–Kier alpha value is -2.60. The van der Waals surface area contributed by atoms with E-state index in [4.69, 9.17) is 0 Å². The molecule has 3 rings (SSSR count). The Morgan fingerprint density at radius 3 is 2.62 bits per heavy atom. The molecule has 0 fully saturated rings. The second kappa shape index (κ2) is 6.88. The lowest BCUT2D eigenvalue weighted by molar-refractivity contribution is 0.102. The summed E-state index contributed by atoms with van der Waals surface area (Å²) in [5.41, 5.74) is 2.25. The fourth-order valence-corrected chi connectivity index (χ4v) is 3.17. The van der Waals surface area contributed by atoms with Gasteiger partial charge in [-0.2, -0.15) is 0 Å². The first-order chi connectivity index (χ1) is 11.5. The van der Waals surface area contributed by atoms with E-state index in [9.17, 15) is 13.6 Å². The maximum Gasteiger partial charge on any atom is 0.257 e. The zero-order valence-corrected chi connectivity index (χ0v) is 13.7. The van der Waals surface area contributed by atoms with Crippen LogP contribution >= 0.6 is 11.3 Å². The van der Waals surface area contributed by atoms with Gasteiger partial charge < -0.3 is 0 Å². The predicted octanol–water partition coefficient (Wildman–Crippen LogP) is 4.57. The van der Waals surface area contributed by atoms with E-state index >= 15 is 0 Å². The van der Waals surface area contributed by atoms with E-state index in [1.54, 1.807) is 6.20 Å². The molecule has 3 aromatic rings. The molecule has 1 heterocycles. The summed E-state index contributed by atoms with van der Waals surface area (Å²) in [6, 6.07) is 10.8. The Morgan fingerprint density at radius 1 is 1.17 bits per heavy atom. The number of carbonyl (C=O) groups is 1. The minimum Gasteiger partial charge on any atom is -0.298 e. The number of carbonyl (C=O) groups excluding carboxylic acids is 1. The summed E-state index contributed by atoms with van der Waals surface area (Å²) in [7, 11) is 0. The van der Waals surface area contributed by atoms with Gasteiger partial charge in [0.25, 0.3) is 5.91 Å². The van der Waals surface area contributed by atoms with Crippen LogP contribution in [0.1, 0.15) is 26.4 Å². The van der Waals surface area contributed by atoms with Crippen molar-refractivity contribution in [3.63, 3.8) is 0 Å². The molecule has 0 aliphatic carbocycles. The molecule has 0 saturated heterocycles. The van der Waals surface area contributed by atoms with Crippen molar-refractivity contribution in [1.29, 1.82) is 0 Å². The van der Waals surface area contributed by atoms with Crippen molar-refractivity contribution in [1.82, 2.24) is 4.98 Å². The summed E-state index contributed by atoms with van der Waals surface area (Å²) in [5.74, 6) is -2.18. The van der Waals surface area contributed by atoms with Crippen LogP contribution in [0.4, 0.5) is 13.9 Å². The molecule has 1 amide bonds. The third-order valence-corrected chi connectivity index (χ3v) is 4.27. The lowest BCUT2D eigenvalue weighted by atomic mass is 10.1. The molecule has 6 heteroatoms. The van der Waals surface area contributed by atoms with E-state index in [-0.39, 0.29) is 5.56 Å². The maximum absolute atomic E-state index is 13.2. The normalized spacial score (nSPS) is 10.6. The van der Waals surface area contributed by atoms with Crippen LogP contribution in [0, 0.1) is 18.6 Å². The molecule has 0 unspecified atom stereocenters. The van der Waals surface area contributed by atoms with E-state index < -0.39 is 17.5 Å². The Morgan fingerprint density at radius 2 is 1.92 bits per heavy atom. The van der Waals surface area contributed by atoms with Crippen LogP contribution in [0.3, 0.4) is 0 Å². The molecule has 1 aromatic heterocycles. The van der Waals surface area contributed by atoms with Crippen molar-refractivity contribution in [2.75, 3.05) is 5.32 Å². The highest BCUT2D eigenvalue weighted by Crippen LogP contribution is 2.22. The van der Waals surface area contributed by atoms with Crippen molar-refractivity contribution < 1.29 is 13.6 Å². The molecule has 3 nitrogen and oxygen atoms in total. The first-order valence-electron chi connectivity index (χ1n) is 7.27. The largest absolute Gasteiger partial charge is 0.298 e. The summed E-state index contributed by atoms with van der Waals surface area (Å²) in [6.45, 7) is 2.03. The van der Waals surface area contributed by atoms with Gasteiger partial charge in [-0.1, -0.05) is 29.8 Å². The summed E-state index contributed by atoms with van der Waals surface area (Å²) < 4.78 is 26.3. The van der Waals surface area contributed by atoms with Crippen molar-refractivity contribution in [2.45, 2.75) is 13.3 Å². The second-order valence-corrected chi connectivity index (χ2v) is 6.53. The molecule has 0 aliphatic rings. The van der Waals surface area contributed by atoms with E-state index in [1.807, 2.05) is 25.1 Å². The van der Waals surface area contributed by atoms with E-state index in [0.29, 0.717) is 11.6 Å². The number of nitrogens with zero attached hydrogens (tertiary/aromatic N) is 1. The lowest BCUT2D eigenvalue weighted by Gasteiger charge is -2.02. The summed E-state index contributed by atoms with van der Waals surface area (Å²) in [5, 5.41) is 2.96. The van der Waals surface area contributed by atoms with Crippen LogP contribution in [0.2, 0.25) is 0 Å². The monoisotopic (exact) mass is 344 g/mol. The number of hydrogen-bond donors (Lipinski definition) is 1. The van der Waals surface area contributed by atoms with Crippen LogP contribution in [0.15, 0.2) is 48.7 Å². The lowest BCUT2D eigenvalue weighted by Crippen LogP contribution is -2.12. The first-order valence-corrected chi connectivity index (χ1v) is 8.09. The number of aryl methyl sites for hydroxylation is 1.